The van der Waals surface area contributed by atoms with Crippen LogP contribution >= 0.6 is 0 Å². The normalized spacial score (nSPS) is 21.1. The minimum atomic E-state index is -0.210. The number of aryl methyl sites for hydroxylation is 4. The summed E-state index contributed by atoms with van der Waals surface area (Å²) < 4.78 is 7.67. The van der Waals surface area contributed by atoms with Crippen LogP contribution in [0.1, 0.15) is 72.4 Å². The average molecular weight is 356 g/mol. The monoisotopic (exact) mass is 356 g/mol. The maximum absolute atomic E-state index is 13.1. The summed E-state index contributed by atoms with van der Waals surface area (Å²) in [4.78, 5) is 19.9. The molecule has 2 aromatic heterocycles. The first-order chi connectivity index (χ1) is 12.5. The van der Waals surface area contributed by atoms with E-state index < -0.39 is 0 Å². The number of aromatic nitrogens is 3. The molecular formula is C20H28N4O2. The highest BCUT2D eigenvalue weighted by atomic mass is 16.5. The van der Waals surface area contributed by atoms with Gasteiger partial charge in [-0.05, 0) is 59.8 Å². The second-order valence-electron chi connectivity index (χ2n) is 7.82. The van der Waals surface area contributed by atoms with Crippen LogP contribution in [0.2, 0.25) is 0 Å². The molecule has 0 bridgehead atoms. The Morgan fingerprint density at radius 1 is 1.23 bits per heavy atom. The van der Waals surface area contributed by atoms with Gasteiger partial charge in [-0.2, -0.15) is 0 Å². The van der Waals surface area contributed by atoms with Gasteiger partial charge in [0, 0.05) is 24.3 Å². The lowest BCUT2D eigenvalue weighted by Crippen LogP contribution is -2.33. The molecule has 6 heteroatoms. The zero-order valence-corrected chi connectivity index (χ0v) is 16.2. The lowest BCUT2D eigenvalue weighted by atomic mass is 9.98. The van der Waals surface area contributed by atoms with E-state index in [2.05, 4.69) is 16.6 Å². The number of rotatable bonds is 3. The first-order valence-electron chi connectivity index (χ1n) is 9.75. The minimum Gasteiger partial charge on any atom is -0.361 e. The van der Waals surface area contributed by atoms with Crippen molar-refractivity contribution >= 4 is 5.91 Å². The third-order valence-corrected chi connectivity index (χ3v) is 6.08. The van der Waals surface area contributed by atoms with Crippen LogP contribution in [0.15, 0.2) is 4.52 Å². The first-order valence-corrected chi connectivity index (χ1v) is 9.75. The maximum atomic E-state index is 13.1. The largest absolute Gasteiger partial charge is 0.361 e. The molecule has 0 N–H and O–H groups in total. The second kappa shape index (κ2) is 6.56. The van der Waals surface area contributed by atoms with E-state index in [-0.39, 0.29) is 11.8 Å². The molecule has 1 aliphatic heterocycles. The van der Waals surface area contributed by atoms with Crippen molar-refractivity contribution in [2.24, 2.45) is 0 Å². The van der Waals surface area contributed by atoms with Crippen molar-refractivity contribution in [2.75, 3.05) is 13.1 Å². The molecule has 26 heavy (non-hydrogen) atoms. The van der Waals surface area contributed by atoms with E-state index >= 15 is 0 Å². The summed E-state index contributed by atoms with van der Waals surface area (Å²) in [5.74, 6) is 1.82. The molecule has 0 saturated carbocycles. The van der Waals surface area contributed by atoms with Crippen molar-refractivity contribution in [2.45, 2.75) is 71.8 Å². The van der Waals surface area contributed by atoms with Gasteiger partial charge in [-0.25, -0.2) is 4.98 Å². The Balaban J connectivity index is 1.52. The van der Waals surface area contributed by atoms with E-state index in [9.17, 15) is 4.79 Å². The van der Waals surface area contributed by atoms with E-state index in [4.69, 9.17) is 9.51 Å². The lowest BCUT2D eigenvalue weighted by Gasteiger charge is -2.23. The van der Waals surface area contributed by atoms with Crippen molar-refractivity contribution in [3.8, 4) is 0 Å². The Kier molecular flexibility index (Phi) is 4.37. The van der Waals surface area contributed by atoms with Gasteiger partial charge in [0.2, 0.25) is 5.91 Å². The molecule has 140 valence electrons. The van der Waals surface area contributed by atoms with Crippen LogP contribution in [-0.4, -0.2) is 38.6 Å². The van der Waals surface area contributed by atoms with Gasteiger partial charge < -0.3 is 14.0 Å². The summed E-state index contributed by atoms with van der Waals surface area (Å²) in [6.45, 7) is 9.44. The molecule has 4 rings (SSSR count). The van der Waals surface area contributed by atoms with Crippen LogP contribution in [0.4, 0.5) is 0 Å². The number of fused-ring (bicyclic) bond motifs is 1. The summed E-state index contributed by atoms with van der Waals surface area (Å²) >= 11 is 0. The molecular weight excluding hydrogens is 328 g/mol. The zero-order valence-electron chi connectivity index (χ0n) is 16.2. The van der Waals surface area contributed by atoms with Crippen molar-refractivity contribution < 1.29 is 9.32 Å². The fourth-order valence-corrected chi connectivity index (χ4v) is 4.84. The maximum Gasteiger partial charge on any atom is 0.230 e. The van der Waals surface area contributed by atoms with Crippen LogP contribution < -0.4 is 0 Å². The highest BCUT2D eigenvalue weighted by Gasteiger charge is 2.34. The number of imidazole rings is 1. The zero-order chi connectivity index (χ0) is 18.4. The van der Waals surface area contributed by atoms with Gasteiger partial charge in [0.05, 0.1) is 23.3 Å². The smallest absolute Gasteiger partial charge is 0.230 e. The molecule has 0 radical (unpaired) electrons. The van der Waals surface area contributed by atoms with Crippen molar-refractivity contribution in [1.82, 2.24) is 19.6 Å². The van der Waals surface area contributed by atoms with Gasteiger partial charge in [-0.1, -0.05) is 5.16 Å². The molecule has 6 nitrogen and oxygen atoms in total. The third kappa shape index (κ3) is 2.75. The van der Waals surface area contributed by atoms with Crippen molar-refractivity contribution in [3.05, 3.63) is 34.2 Å². The Morgan fingerprint density at radius 2 is 2.00 bits per heavy atom. The molecule has 1 fully saturated rings. The standard InChI is InChI=1S/C20H28N4O2/c1-12(19-13(2)22-26-14(19)3)20(25)23-10-9-16(11-23)24-15(4)21-17-7-5-6-8-18(17)24/h12,16H,5-11H2,1-4H3/t12-,16+/m1/s1. The average Bonchev–Trinajstić information content (AvgIpc) is 3.30. The molecule has 2 aliphatic rings. The number of hydrogen-bond donors (Lipinski definition) is 0. The number of amides is 1. The molecule has 2 atom stereocenters. The predicted molar refractivity (Wildman–Crippen MR) is 98.2 cm³/mol. The van der Waals surface area contributed by atoms with E-state index in [1.54, 1.807) is 0 Å². The molecule has 1 saturated heterocycles. The van der Waals surface area contributed by atoms with Crippen LogP contribution in [0.5, 0.6) is 0 Å². The van der Waals surface area contributed by atoms with Crippen LogP contribution in [-0.2, 0) is 17.6 Å². The number of likely N-dealkylation sites (tertiary alicyclic amines) is 1. The highest BCUT2D eigenvalue weighted by molar-refractivity contribution is 5.84. The van der Waals surface area contributed by atoms with Gasteiger partial charge in [0.1, 0.15) is 11.6 Å². The first kappa shape index (κ1) is 17.3. The van der Waals surface area contributed by atoms with Gasteiger partial charge in [-0.15, -0.1) is 0 Å². The van der Waals surface area contributed by atoms with Crippen molar-refractivity contribution in [1.29, 1.82) is 0 Å². The Bertz CT molecular complexity index is 816. The number of carbonyl (C=O) groups is 1. The Morgan fingerprint density at radius 3 is 2.73 bits per heavy atom. The van der Waals surface area contributed by atoms with E-state index in [0.29, 0.717) is 6.04 Å². The SMILES string of the molecule is Cc1noc(C)c1[C@@H](C)C(=O)N1CC[C@H](n2c(C)nc3c2CCCC3)C1. The topological polar surface area (TPSA) is 64.2 Å². The molecule has 1 aliphatic carbocycles. The molecule has 1 amide bonds. The van der Waals surface area contributed by atoms with E-state index in [0.717, 1.165) is 55.2 Å². The van der Waals surface area contributed by atoms with Gasteiger partial charge >= 0.3 is 0 Å². The lowest BCUT2D eigenvalue weighted by molar-refractivity contribution is -0.131. The van der Waals surface area contributed by atoms with Crippen molar-refractivity contribution in [3.63, 3.8) is 0 Å². The van der Waals surface area contributed by atoms with Gasteiger partial charge in [0.25, 0.3) is 0 Å². The van der Waals surface area contributed by atoms with Crippen LogP contribution in [0.3, 0.4) is 0 Å². The van der Waals surface area contributed by atoms with Gasteiger partial charge in [0.15, 0.2) is 0 Å². The minimum absolute atomic E-state index is 0.175. The number of carbonyl (C=O) groups excluding carboxylic acids is 1. The molecule has 2 aromatic rings. The van der Waals surface area contributed by atoms with Crippen LogP contribution in [0, 0.1) is 20.8 Å². The summed E-state index contributed by atoms with van der Waals surface area (Å²) in [7, 11) is 0. The molecule has 3 heterocycles. The van der Waals surface area contributed by atoms with Crippen LogP contribution in [0.25, 0.3) is 0 Å². The fraction of sp³-hybridized carbons (Fsp3) is 0.650. The van der Waals surface area contributed by atoms with E-state index in [1.807, 2.05) is 25.7 Å². The highest BCUT2D eigenvalue weighted by Crippen LogP contribution is 2.32. The predicted octanol–water partition coefficient (Wildman–Crippen LogP) is 3.25. The quantitative estimate of drug-likeness (QED) is 0.847. The summed E-state index contributed by atoms with van der Waals surface area (Å²) in [6, 6.07) is 0.352. The Hall–Kier alpha value is -2.11. The summed E-state index contributed by atoms with van der Waals surface area (Å²) in [5.41, 5.74) is 4.45. The fourth-order valence-electron chi connectivity index (χ4n) is 4.84. The number of nitrogens with zero attached hydrogens (tertiary/aromatic N) is 4. The Labute approximate surface area is 154 Å². The summed E-state index contributed by atoms with van der Waals surface area (Å²) in [5, 5.41) is 4.00. The van der Waals surface area contributed by atoms with Gasteiger partial charge in [-0.3, -0.25) is 4.79 Å². The molecule has 0 aromatic carbocycles. The third-order valence-electron chi connectivity index (χ3n) is 6.08. The molecule has 0 spiro atoms. The summed E-state index contributed by atoms with van der Waals surface area (Å²) in [6.07, 6.45) is 5.71. The van der Waals surface area contributed by atoms with E-state index in [1.165, 1.54) is 24.2 Å². The number of hydrogen-bond acceptors (Lipinski definition) is 4. The second-order valence-corrected chi connectivity index (χ2v) is 7.82. The molecule has 0 unspecified atom stereocenters.